The maximum absolute atomic E-state index is 5.72. The van der Waals surface area contributed by atoms with Gasteiger partial charge in [0.05, 0.1) is 6.10 Å². The largest absolute Gasteiger partial charge is 0.378 e. The molecule has 84 valence electrons. The Hall–Kier alpha value is -0.0800. The van der Waals surface area contributed by atoms with Gasteiger partial charge in [-0.25, -0.2) is 0 Å². The first-order valence-electron chi connectivity index (χ1n) is 5.96. The summed E-state index contributed by atoms with van der Waals surface area (Å²) in [6.07, 6.45) is 2.83. The highest BCUT2D eigenvalue weighted by atomic mass is 16.5. The van der Waals surface area contributed by atoms with E-state index in [1.54, 1.807) is 0 Å². The van der Waals surface area contributed by atoms with E-state index in [1.165, 1.54) is 12.8 Å². The van der Waals surface area contributed by atoms with Crippen molar-refractivity contribution in [2.75, 3.05) is 19.7 Å². The Balaban J connectivity index is 2.53. The van der Waals surface area contributed by atoms with Crippen molar-refractivity contribution in [2.45, 2.75) is 46.6 Å². The van der Waals surface area contributed by atoms with Crippen LogP contribution in [0.5, 0.6) is 0 Å². The number of hydrogen-bond donors (Lipinski definition) is 1. The first-order valence-corrected chi connectivity index (χ1v) is 5.96. The van der Waals surface area contributed by atoms with Gasteiger partial charge in [0.15, 0.2) is 0 Å². The normalized spacial score (nSPS) is 32.8. The highest BCUT2D eigenvalue weighted by Gasteiger charge is 2.43. The van der Waals surface area contributed by atoms with E-state index in [-0.39, 0.29) is 0 Å². The molecule has 0 aromatic rings. The summed E-state index contributed by atoms with van der Waals surface area (Å²) in [4.78, 5) is 0. The lowest BCUT2D eigenvalue weighted by atomic mass is 9.72. The molecule has 1 aliphatic heterocycles. The second-order valence-corrected chi connectivity index (χ2v) is 4.83. The molecule has 0 aliphatic carbocycles. The van der Waals surface area contributed by atoms with E-state index < -0.39 is 0 Å². The van der Waals surface area contributed by atoms with Gasteiger partial charge in [0.25, 0.3) is 0 Å². The Bertz CT molecular complexity index is 170. The molecule has 14 heavy (non-hydrogen) atoms. The molecule has 2 atom stereocenters. The monoisotopic (exact) mass is 199 g/mol. The number of ether oxygens (including phenoxy) is 1. The quantitative estimate of drug-likeness (QED) is 0.687. The van der Waals surface area contributed by atoms with E-state index in [0.717, 1.165) is 19.7 Å². The molecule has 0 amide bonds. The van der Waals surface area contributed by atoms with Crippen LogP contribution in [0, 0.1) is 11.3 Å². The van der Waals surface area contributed by atoms with Crippen molar-refractivity contribution in [2.24, 2.45) is 11.3 Å². The van der Waals surface area contributed by atoms with Crippen molar-refractivity contribution in [1.29, 1.82) is 0 Å². The summed E-state index contributed by atoms with van der Waals surface area (Å²) >= 11 is 0. The second-order valence-electron chi connectivity index (χ2n) is 4.83. The van der Waals surface area contributed by atoms with E-state index in [0.29, 0.717) is 17.4 Å². The Morgan fingerprint density at radius 2 is 2.21 bits per heavy atom. The molecule has 1 rings (SSSR count). The Morgan fingerprint density at radius 1 is 1.50 bits per heavy atom. The van der Waals surface area contributed by atoms with Gasteiger partial charge in [-0.3, -0.25) is 0 Å². The van der Waals surface area contributed by atoms with Gasteiger partial charge in [-0.15, -0.1) is 0 Å². The zero-order valence-corrected chi connectivity index (χ0v) is 10.1. The average molecular weight is 199 g/mol. The molecule has 2 unspecified atom stereocenters. The van der Waals surface area contributed by atoms with Crippen LogP contribution in [0.3, 0.4) is 0 Å². The maximum Gasteiger partial charge on any atom is 0.0618 e. The molecule has 1 fully saturated rings. The average Bonchev–Trinajstić information content (AvgIpc) is 2.49. The zero-order valence-electron chi connectivity index (χ0n) is 10.1. The Morgan fingerprint density at radius 3 is 2.64 bits per heavy atom. The van der Waals surface area contributed by atoms with Crippen LogP contribution in [0.4, 0.5) is 0 Å². The first-order chi connectivity index (χ1) is 6.63. The van der Waals surface area contributed by atoms with Crippen molar-refractivity contribution >= 4 is 0 Å². The standard InChI is InChI=1S/C12H25NO/c1-5-7-13-9-12(10(2)3)6-8-14-11(12)4/h10-11,13H,5-9H2,1-4H3. The smallest absolute Gasteiger partial charge is 0.0618 e. The van der Waals surface area contributed by atoms with Gasteiger partial charge in [-0.1, -0.05) is 20.8 Å². The van der Waals surface area contributed by atoms with Gasteiger partial charge in [0, 0.05) is 18.6 Å². The summed E-state index contributed by atoms with van der Waals surface area (Å²) in [5.74, 6) is 0.698. The van der Waals surface area contributed by atoms with Gasteiger partial charge in [0.2, 0.25) is 0 Å². The molecule has 0 bridgehead atoms. The summed E-state index contributed by atoms with van der Waals surface area (Å²) in [5.41, 5.74) is 0.370. The Kier molecular flexibility index (Phi) is 4.39. The second kappa shape index (κ2) is 5.13. The van der Waals surface area contributed by atoms with Crippen molar-refractivity contribution in [3.05, 3.63) is 0 Å². The fourth-order valence-corrected chi connectivity index (χ4v) is 2.49. The van der Waals surface area contributed by atoms with E-state index in [1.807, 2.05) is 0 Å². The van der Waals surface area contributed by atoms with Gasteiger partial charge < -0.3 is 10.1 Å². The van der Waals surface area contributed by atoms with E-state index >= 15 is 0 Å². The van der Waals surface area contributed by atoms with Crippen molar-refractivity contribution in [1.82, 2.24) is 5.32 Å². The Labute approximate surface area is 88.4 Å². The SMILES string of the molecule is CCCNCC1(C(C)C)CCOC1C. The molecular formula is C12H25NO. The highest BCUT2D eigenvalue weighted by molar-refractivity contribution is 4.93. The molecule has 1 N–H and O–H groups in total. The third kappa shape index (κ3) is 2.29. The molecule has 1 saturated heterocycles. The molecule has 2 nitrogen and oxygen atoms in total. The number of hydrogen-bond acceptors (Lipinski definition) is 2. The third-order valence-electron chi connectivity index (χ3n) is 3.78. The number of rotatable bonds is 5. The van der Waals surface area contributed by atoms with Gasteiger partial charge in [-0.05, 0) is 32.2 Å². The van der Waals surface area contributed by atoms with Crippen LogP contribution in [0.15, 0.2) is 0 Å². The minimum atomic E-state index is 0.370. The minimum Gasteiger partial charge on any atom is -0.378 e. The van der Waals surface area contributed by atoms with Gasteiger partial charge >= 0.3 is 0 Å². The van der Waals surface area contributed by atoms with Gasteiger partial charge in [0.1, 0.15) is 0 Å². The molecule has 2 heteroatoms. The minimum absolute atomic E-state index is 0.370. The van der Waals surface area contributed by atoms with Crippen LogP contribution in [0.1, 0.15) is 40.5 Å². The molecule has 0 spiro atoms. The summed E-state index contributed by atoms with van der Waals surface area (Å²) < 4.78 is 5.72. The molecule has 1 heterocycles. The predicted molar refractivity (Wildman–Crippen MR) is 60.5 cm³/mol. The first kappa shape index (κ1) is 12.0. The van der Waals surface area contributed by atoms with Crippen LogP contribution >= 0.6 is 0 Å². The highest BCUT2D eigenvalue weighted by Crippen LogP contribution is 2.41. The van der Waals surface area contributed by atoms with Crippen LogP contribution in [0.2, 0.25) is 0 Å². The maximum atomic E-state index is 5.72. The summed E-state index contributed by atoms with van der Waals surface area (Å²) in [6, 6.07) is 0. The van der Waals surface area contributed by atoms with Crippen LogP contribution in [-0.2, 0) is 4.74 Å². The molecule has 0 aromatic heterocycles. The summed E-state index contributed by atoms with van der Waals surface area (Å²) in [6.45, 7) is 12.2. The summed E-state index contributed by atoms with van der Waals surface area (Å²) in [7, 11) is 0. The molecule has 0 radical (unpaired) electrons. The van der Waals surface area contributed by atoms with Crippen molar-refractivity contribution < 1.29 is 4.74 Å². The van der Waals surface area contributed by atoms with Crippen LogP contribution in [-0.4, -0.2) is 25.8 Å². The molecule has 0 aromatic carbocycles. The molecular weight excluding hydrogens is 174 g/mol. The van der Waals surface area contributed by atoms with E-state index in [9.17, 15) is 0 Å². The lowest BCUT2D eigenvalue weighted by Gasteiger charge is -2.36. The fourth-order valence-electron chi connectivity index (χ4n) is 2.49. The molecule has 1 aliphatic rings. The van der Waals surface area contributed by atoms with E-state index in [2.05, 4.69) is 33.0 Å². The predicted octanol–water partition coefficient (Wildman–Crippen LogP) is 2.44. The van der Waals surface area contributed by atoms with Gasteiger partial charge in [-0.2, -0.15) is 0 Å². The fraction of sp³-hybridized carbons (Fsp3) is 1.00. The van der Waals surface area contributed by atoms with Crippen LogP contribution < -0.4 is 5.32 Å². The number of nitrogens with one attached hydrogen (secondary N) is 1. The lowest BCUT2D eigenvalue weighted by molar-refractivity contribution is 0.0375. The molecule has 0 saturated carbocycles. The van der Waals surface area contributed by atoms with Crippen molar-refractivity contribution in [3.8, 4) is 0 Å². The van der Waals surface area contributed by atoms with Crippen molar-refractivity contribution in [3.63, 3.8) is 0 Å². The zero-order chi connectivity index (χ0) is 10.6. The van der Waals surface area contributed by atoms with Crippen LogP contribution in [0.25, 0.3) is 0 Å². The lowest BCUT2D eigenvalue weighted by Crippen LogP contribution is -2.43. The summed E-state index contributed by atoms with van der Waals surface area (Å²) in [5, 5.41) is 3.55. The third-order valence-corrected chi connectivity index (χ3v) is 3.78. The topological polar surface area (TPSA) is 21.3 Å². The van der Waals surface area contributed by atoms with E-state index in [4.69, 9.17) is 4.74 Å².